The van der Waals surface area contributed by atoms with E-state index in [1.54, 1.807) is 5.48 Å². The average Bonchev–Trinajstić information content (AvgIpc) is 2.71. The van der Waals surface area contributed by atoms with Gasteiger partial charge in [0.1, 0.15) is 0 Å². The number of benzene rings is 1. The van der Waals surface area contributed by atoms with Crippen LogP contribution in [0.5, 0.6) is 0 Å². The Bertz CT molecular complexity index is 354. The lowest BCUT2D eigenvalue weighted by Crippen LogP contribution is -2.33. The van der Waals surface area contributed by atoms with Crippen molar-refractivity contribution in [2.75, 3.05) is 6.54 Å². The van der Waals surface area contributed by atoms with Crippen molar-refractivity contribution in [1.82, 2.24) is 10.8 Å². The van der Waals surface area contributed by atoms with E-state index in [2.05, 4.69) is 29.6 Å². The summed E-state index contributed by atoms with van der Waals surface area (Å²) >= 11 is 0. The van der Waals surface area contributed by atoms with Gasteiger partial charge in [0.05, 0.1) is 0 Å². The molecule has 0 aromatic heterocycles. The van der Waals surface area contributed by atoms with Crippen molar-refractivity contribution < 1.29 is 10.0 Å². The third-order valence-electron chi connectivity index (χ3n) is 2.96. The molecule has 4 nitrogen and oxygen atoms in total. The Hall–Kier alpha value is -1.39. The molecule has 0 radical (unpaired) electrons. The molecule has 0 atom stereocenters. The standard InChI is InChI=1S/C12H16N2O2/c15-12(14-16)5-6-13-11-7-9-3-1-2-4-10(9)8-11/h1-4,11,13,16H,5-8H2,(H,14,15). The number of hydrogen-bond donors (Lipinski definition) is 3. The number of carbonyl (C=O) groups is 1. The van der Waals surface area contributed by atoms with E-state index in [0.29, 0.717) is 19.0 Å². The molecule has 1 aliphatic rings. The minimum Gasteiger partial charge on any atom is -0.313 e. The number of rotatable bonds is 4. The first kappa shape index (κ1) is 11.1. The summed E-state index contributed by atoms with van der Waals surface area (Å²) in [4.78, 5) is 10.8. The fraction of sp³-hybridized carbons (Fsp3) is 0.417. The molecule has 0 spiro atoms. The second kappa shape index (κ2) is 5.09. The van der Waals surface area contributed by atoms with Gasteiger partial charge < -0.3 is 5.32 Å². The first-order valence-corrected chi connectivity index (χ1v) is 5.52. The summed E-state index contributed by atoms with van der Waals surface area (Å²) < 4.78 is 0. The molecule has 4 heteroatoms. The lowest BCUT2D eigenvalue weighted by Gasteiger charge is -2.10. The minimum atomic E-state index is -0.344. The van der Waals surface area contributed by atoms with Gasteiger partial charge in [-0.05, 0) is 24.0 Å². The number of amides is 1. The predicted octanol–water partition coefficient (Wildman–Crippen LogP) is 0.639. The van der Waals surface area contributed by atoms with Crippen molar-refractivity contribution in [2.24, 2.45) is 0 Å². The van der Waals surface area contributed by atoms with Gasteiger partial charge in [0.25, 0.3) is 0 Å². The summed E-state index contributed by atoms with van der Waals surface area (Å²) in [6, 6.07) is 8.83. The van der Waals surface area contributed by atoms with E-state index < -0.39 is 0 Å². The van der Waals surface area contributed by atoms with Crippen LogP contribution in [0.1, 0.15) is 17.5 Å². The zero-order valence-corrected chi connectivity index (χ0v) is 9.07. The van der Waals surface area contributed by atoms with Crippen molar-refractivity contribution >= 4 is 5.91 Å². The predicted molar refractivity (Wildman–Crippen MR) is 60.2 cm³/mol. The zero-order valence-electron chi connectivity index (χ0n) is 9.07. The summed E-state index contributed by atoms with van der Waals surface area (Å²) in [7, 11) is 0. The Morgan fingerprint density at radius 1 is 1.31 bits per heavy atom. The highest BCUT2D eigenvalue weighted by molar-refractivity contribution is 5.74. The molecule has 2 rings (SSSR count). The van der Waals surface area contributed by atoms with Gasteiger partial charge in [-0.2, -0.15) is 0 Å². The fourth-order valence-electron chi connectivity index (χ4n) is 2.15. The molecule has 0 fully saturated rings. The molecule has 86 valence electrons. The van der Waals surface area contributed by atoms with E-state index in [1.165, 1.54) is 11.1 Å². The summed E-state index contributed by atoms with van der Waals surface area (Å²) in [6.07, 6.45) is 2.36. The summed E-state index contributed by atoms with van der Waals surface area (Å²) in [5.74, 6) is -0.344. The van der Waals surface area contributed by atoms with Gasteiger partial charge in [-0.3, -0.25) is 10.0 Å². The normalized spacial score (nSPS) is 14.8. The van der Waals surface area contributed by atoms with E-state index in [0.717, 1.165) is 12.8 Å². The van der Waals surface area contributed by atoms with E-state index >= 15 is 0 Å². The molecule has 1 amide bonds. The maximum Gasteiger partial charge on any atom is 0.244 e. The van der Waals surface area contributed by atoms with E-state index in [9.17, 15) is 4.79 Å². The summed E-state index contributed by atoms with van der Waals surface area (Å²) in [5.41, 5.74) is 4.42. The quantitative estimate of drug-likeness (QED) is 0.515. The third kappa shape index (κ3) is 2.59. The molecule has 0 heterocycles. The van der Waals surface area contributed by atoms with E-state index in [1.807, 2.05) is 0 Å². The molecule has 0 saturated heterocycles. The third-order valence-corrected chi connectivity index (χ3v) is 2.96. The van der Waals surface area contributed by atoms with Crippen molar-refractivity contribution in [3.63, 3.8) is 0 Å². The van der Waals surface area contributed by atoms with E-state index in [-0.39, 0.29) is 5.91 Å². The van der Waals surface area contributed by atoms with Gasteiger partial charge in [0, 0.05) is 19.0 Å². The van der Waals surface area contributed by atoms with Crippen LogP contribution in [0.15, 0.2) is 24.3 Å². The van der Waals surface area contributed by atoms with Gasteiger partial charge in [-0.15, -0.1) is 0 Å². The van der Waals surface area contributed by atoms with Crippen molar-refractivity contribution in [3.8, 4) is 0 Å². The van der Waals surface area contributed by atoms with Gasteiger partial charge in [-0.1, -0.05) is 24.3 Å². The molecule has 0 aliphatic heterocycles. The zero-order chi connectivity index (χ0) is 11.4. The highest BCUT2D eigenvalue weighted by Crippen LogP contribution is 2.21. The Morgan fingerprint density at radius 3 is 2.50 bits per heavy atom. The smallest absolute Gasteiger partial charge is 0.244 e. The highest BCUT2D eigenvalue weighted by atomic mass is 16.5. The molecule has 0 saturated carbocycles. The maximum absolute atomic E-state index is 10.8. The molecule has 3 N–H and O–H groups in total. The topological polar surface area (TPSA) is 61.4 Å². The number of carbonyl (C=O) groups excluding carboxylic acids is 1. The van der Waals surface area contributed by atoms with Gasteiger partial charge in [0.15, 0.2) is 0 Å². The van der Waals surface area contributed by atoms with Crippen LogP contribution in [-0.2, 0) is 17.6 Å². The van der Waals surface area contributed by atoms with Gasteiger partial charge in [-0.25, -0.2) is 5.48 Å². The van der Waals surface area contributed by atoms with Crippen molar-refractivity contribution in [3.05, 3.63) is 35.4 Å². The minimum absolute atomic E-state index is 0.309. The van der Waals surface area contributed by atoms with Crippen LogP contribution in [0.25, 0.3) is 0 Å². The maximum atomic E-state index is 10.8. The second-order valence-electron chi connectivity index (χ2n) is 4.11. The second-order valence-corrected chi connectivity index (χ2v) is 4.11. The van der Waals surface area contributed by atoms with Crippen LogP contribution in [0, 0.1) is 0 Å². The SMILES string of the molecule is O=C(CCNC1Cc2ccccc2C1)NO. The lowest BCUT2D eigenvalue weighted by molar-refractivity contribution is -0.129. The van der Waals surface area contributed by atoms with E-state index in [4.69, 9.17) is 5.21 Å². The van der Waals surface area contributed by atoms with Crippen molar-refractivity contribution in [2.45, 2.75) is 25.3 Å². The Labute approximate surface area is 94.6 Å². The average molecular weight is 220 g/mol. The molecule has 1 aromatic carbocycles. The van der Waals surface area contributed by atoms with Crippen LogP contribution >= 0.6 is 0 Å². The molecule has 16 heavy (non-hydrogen) atoms. The molecular formula is C12H16N2O2. The number of hydroxylamine groups is 1. The summed E-state index contributed by atoms with van der Waals surface area (Å²) in [6.45, 7) is 0.602. The number of fused-ring (bicyclic) bond motifs is 1. The Morgan fingerprint density at radius 2 is 1.94 bits per heavy atom. The van der Waals surface area contributed by atoms with Crippen molar-refractivity contribution in [1.29, 1.82) is 0 Å². The summed E-state index contributed by atoms with van der Waals surface area (Å²) in [5, 5.41) is 11.7. The molecular weight excluding hydrogens is 204 g/mol. The lowest BCUT2D eigenvalue weighted by atomic mass is 10.1. The Balaban J connectivity index is 1.77. The van der Waals surface area contributed by atoms with Crippen LogP contribution in [0.4, 0.5) is 0 Å². The number of nitrogens with one attached hydrogen (secondary N) is 2. The van der Waals surface area contributed by atoms with Gasteiger partial charge >= 0.3 is 0 Å². The van der Waals surface area contributed by atoms with Crippen LogP contribution in [0.2, 0.25) is 0 Å². The molecule has 1 aromatic rings. The molecule has 1 aliphatic carbocycles. The highest BCUT2D eigenvalue weighted by Gasteiger charge is 2.19. The first-order valence-electron chi connectivity index (χ1n) is 5.52. The monoisotopic (exact) mass is 220 g/mol. The number of hydrogen-bond acceptors (Lipinski definition) is 3. The fourth-order valence-corrected chi connectivity index (χ4v) is 2.15. The van der Waals surface area contributed by atoms with Crippen LogP contribution in [0.3, 0.4) is 0 Å². The largest absolute Gasteiger partial charge is 0.313 e. The van der Waals surface area contributed by atoms with Gasteiger partial charge in [0.2, 0.25) is 5.91 Å². The van der Waals surface area contributed by atoms with Crippen LogP contribution in [-0.4, -0.2) is 23.7 Å². The first-order chi connectivity index (χ1) is 7.79. The molecule has 0 unspecified atom stereocenters. The van der Waals surface area contributed by atoms with Crippen LogP contribution < -0.4 is 10.8 Å². The Kier molecular flexibility index (Phi) is 3.54. The molecule has 0 bridgehead atoms.